The minimum absolute atomic E-state index is 0. The summed E-state index contributed by atoms with van der Waals surface area (Å²) in [5, 5.41) is 6.44. The van der Waals surface area contributed by atoms with Gasteiger partial charge in [0.15, 0.2) is 5.96 Å². The van der Waals surface area contributed by atoms with Crippen molar-refractivity contribution >= 4 is 35.8 Å². The van der Waals surface area contributed by atoms with E-state index < -0.39 is 11.7 Å². The van der Waals surface area contributed by atoms with Crippen molar-refractivity contribution in [2.75, 3.05) is 45.8 Å². The van der Waals surface area contributed by atoms with Gasteiger partial charge >= 0.3 is 6.18 Å². The lowest BCUT2D eigenvalue weighted by molar-refractivity contribution is -0.140. The summed E-state index contributed by atoms with van der Waals surface area (Å²) in [5.41, 5.74) is 0.0669. The Kier molecular flexibility index (Phi) is 10.5. The van der Waals surface area contributed by atoms with Gasteiger partial charge in [0.05, 0.1) is 12.1 Å². The lowest BCUT2D eigenvalue weighted by atomic mass is 9.84. The van der Waals surface area contributed by atoms with Crippen molar-refractivity contribution in [3.8, 4) is 0 Å². The Labute approximate surface area is 205 Å². The van der Waals surface area contributed by atoms with E-state index in [1.807, 2.05) is 11.8 Å². The molecule has 180 valence electrons. The van der Waals surface area contributed by atoms with Crippen LogP contribution in [0.5, 0.6) is 0 Å². The summed E-state index contributed by atoms with van der Waals surface area (Å²) in [5.74, 6) is 1.23. The molecule has 0 radical (unpaired) electrons. The number of carbonyl (C=O) groups is 1. The van der Waals surface area contributed by atoms with E-state index >= 15 is 0 Å². The standard InChI is InChI=1S/C22H32F3N5O.HI/c1-2-26-21(28-16-17-6-8-19(9-7-17)22(23,24)25)27-10-11-29-12-14-30(15-13-29)20(31)18-4-3-5-18;/h6-9,18H,2-5,10-16H2,1H3,(H2,26,27,28);1H. The molecule has 0 atom stereocenters. The van der Waals surface area contributed by atoms with Gasteiger partial charge in [-0.2, -0.15) is 13.2 Å². The van der Waals surface area contributed by atoms with Gasteiger partial charge in [0, 0.05) is 51.7 Å². The first-order valence-electron chi connectivity index (χ1n) is 11.1. The summed E-state index contributed by atoms with van der Waals surface area (Å²) < 4.78 is 38.0. The number of benzene rings is 1. The molecule has 0 unspecified atom stereocenters. The Balaban J connectivity index is 0.00000363. The molecule has 6 nitrogen and oxygen atoms in total. The first-order valence-corrected chi connectivity index (χ1v) is 11.1. The van der Waals surface area contributed by atoms with E-state index in [2.05, 4.69) is 20.5 Å². The minimum atomic E-state index is -4.33. The quantitative estimate of drug-likeness (QED) is 0.302. The third-order valence-corrected chi connectivity index (χ3v) is 5.90. The third-order valence-electron chi connectivity index (χ3n) is 5.90. The first kappa shape index (κ1) is 26.7. The number of nitrogens with one attached hydrogen (secondary N) is 2. The summed E-state index contributed by atoms with van der Waals surface area (Å²) >= 11 is 0. The molecule has 2 aliphatic rings. The fourth-order valence-corrected chi connectivity index (χ4v) is 3.75. The molecule has 1 heterocycles. The highest BCUT2D eigenvalue weighted by atomic mass is 127. The van der Waals surface area contributed by atoms with Crippen molar-refractivity contribution in [3.63, 3.8) is 0 Å². The van der Waals surface area contributed by atoms with Gasteiger partial charge in [0.2, 0.25) is 5.91 Å². The molecule has 10 heteroatoms. The van der Waals surface area contributed by atoms with Crippen molar-refractivity contribution in [2.45, 2.75) is 38.9 Å². The van der Waals surface area contributed by atoms with Crippen molar-refractivity contribution in [3.05, 3.63) is 35.4 Å². The maximum absolute atomic E-state index is 12.7. The number of hydrogen-bond acceptors (Lipinski definition) is 3. The van der Waals surface area contributed by atoms with E-state index in [4.69, 9.17) is 0 Å². The molecule has 0 bridgehead atoms. The van der Waals surface area contributed by atoms with Gasteiger partial charge in [0.1, 0.15) is 0 Å². The third kappa shape index (κ3) is 7.79. The van der Waals surface area contributed by atoms with Crippen LogP contribution in [0.4, 0.5) is 13.2 Å². The largest absolute Gasteiger partial charge is 0.416 e. The van der Waals surface area contributed by atoms with E-state index in [0.717, 1.165) is 63.3 Å². The molecule has 2 N–H and O–H groups in total. The number of rotatable bonds is 7. The van der Waals surface area contributed by atoms with Gasteiger partial charge in [0.25, 0.3) is 0 Å². The van der Waals surface area contributed by atoms with Crippen LogP contribution in [-0.2, 0) is 17.5 Å². The van der Waals surface area contributed by atoms with Crippen LogP contribution in [0.25, 0.3) is 0 Å². The van der Waals surface area contributed by atoms with Crippen molar-refractivity contribution in [2.24, 2.45) is 10.9 Å². The molecule has 1 aliphatic heterocycles. The zero-order valence-corrected chi connectivity index (χ0v) is 20.8. The number of hydrogen-bond donors (Lipinski definition) is 2. The van der Waals surface area contributed by atoms with Crippen molar-refractivity contribution in [1.29, 1.82) is 0 Å². The fraction of sp³-hybridized carbons (Fsp3) is 0.636. The number of carbonyl (C=O) groups excluding carboxylic acids is 1. The molecule has 0 aromatic heterocycles. The van der Waals surface area contributed by atoms with Crippen molar-refractivity contribution in [1.82, 2.24) is 20.4 Å². The lowest BCUT2D eigenvalue weighted by Crippen LogP contribution is -2.52. The highest BCUT2D eigenvalue weighted by Crippen LogP contribution is 2.29. The summed E-state index contributed by atoms with van der Waals surface area (Å²) in [6.07, 6.45) is -1.06. The molecule has 3 rings (SSSR count). The normalized spacial score (nSPS) is 18.0. The summed E-state index contributed by atoms with van der Waals surface area (Å²) in [7, 11) is 0. The van der Waals surface area contributed by atoms with Crippen LogP contribution in [0.1, 0.15) is 37.3 Å². The highest BCUT2D eigenvalue weighted by molar-refractivity contribution is 14.0. The molecule has 32 heavy (non-hydrogen) atoms. The predicted molar refractivity (Wildman–Crippen MR) is 130 cm³/mol. The Morgan fingerprint density at radius 1 is 1.09 bits per heavy atom. The molecule has 1 aliphatic carbocycles. The van der Waals surface area contributed by atoms with Gasteiger partial charge in [-0.3, -0.25) is 9.69 Å². The van der Waals surface area contributed by atoms with Gasteiger partial charge in [-0.05, 0) is 37.5 Å². The average molecular weight is 567 g/mol. The minimum Gasteiger partial charge on any atom is -0.357 e. The maximum Gasteiger partial charge on any atom is 0.416 e. The number of nitrogens with zero attached hydrogens (tertiary/aromatic N) is 3. The Bertz CT molecular complexity index is 745. The average Bonchev–Trinajstić information content (AvgIpc) is 2.71. The van der Waals surface area contributed by atoms with Gasteiger partial charge in [-0.1, -0.05) is 18.6 Å². The van der Waals surface area contributed by atoms with Crippen LogP contribution in [0.15, 0.2) is 29.3 Å². The van der Waals surface area contributed by atoms with Crippen LogP contribution in [0.3, 0.4) is 0 Å². The molecule has 1 amide bonds. The zero-order chi connectivity index (χ0) is 22.3. The summed E-state index contributed by atoms with van der Waals surface area (Å²) in [6, 6.07) is 5.08. The lowest BCUT2D eigenvalue weighted by Gasteiger charge is -2.38. The van der Waals surface area contributed by atoms with Crippen LogP contribution in [0, 0.1) is 5.92 Å². The monoisotopic (exact) mass is 567 g/mol. The Hall–Kier alpha value is -1.56. The molecule has 1 saturated heterocycles. The van der Waals surface area contributed by atoms with E-state index in [1.54, 1.807) is 0 Å². The number of piperazine rings is 1. The van der Waals surface area contributed by atoms with E-state index in [9.17, 15) is 18.0 Å². The Morgan fingerprint density at radius 3 is 2.28 bits per heavy atom. The first-order chi connectivity index (χ1) is 14.9. The van der Waals surface area contributed by atoms with Crippen LogP contribution in [-0.4, -0.2) is 67.5 Å². The fourth-order valence-electron chi connectivity index (χ4n) is 3.75. The second-order valence-corrected chi connectivity index (χ2v) is 8.11. The molecule has 1 saturated carbocycles. The van der Waals surface area contributed by atoms with Crippen LogP contribution < -0.4 is 10.6 Å². The van der Waals surface area contributed by atoms with Gasteiger partial charge < -0.3 is 15.5 Å². The van der Waals surface area contributed by atoms with E-state index in [1.165, 1.54) is 18.6 Å². The SMILES string of the molecule is CCNC(=NCc1ccc(C(F)(F)F)cc1)NCCN1CCN(C(=O)C2CCC2)CC1.I. The van der Waals surface area contributed by atoms with Crippen LogP contribution >= 0.6 is 24.0 Å². The van der Waals surface area contributed by atoms with Gasteiger partial charge in [-0.25, -0.2) is 4.99 Å². The summed E-state index contributed by atoms with van der Waals surface area (Å²) in [6.45, 7) is 7.84. The smallest absolute Gasteiger partial charge is 0.357 e. The Morgan fingerprint density at radius 2 is 1.75 bits per heavy atom. The van der Waals surface area contributed by atoms with E-state index in [0.29, 0.717) is 31.5 Å². The maximum atomic E-state index is 12.7. The molecule has 1 aromatic carbocycles. The van der Waals surface area contributed by atoms with Crippen molar-refractivity contribution < 1.29 is 18.0 Å². The van der Waals surface area contributed by atoms with E-state index in [-0.39, 0.29) is 29.9 Å². The van der Waals surface area contributed by atoms with Gasteiger partial charge in [-0.15, -0.1) is 24.0 Å². The number of aliphatic imine (C=N–C) groups is 1. The number of amides is 1. The zero-order valence-electron chi connectivity index (χ0n) is 18.5. The molecule has 0 spiro atoms. The van der Waals surface area contributed by atoms with Crippen LogP contribution in [0.2, 0.25) is 0 Å². The number of halogens is 4. The summed E-state index contributed by atoms with van der Waals surface area (Å²) in [4.78, 5) is 21.1. The second kappa shape index (κ2) is 12.6. The number of guanidine groups is 1. The molecule has 2 fully saturated rings. The molecular formula is C22H33F3IN5O. The molecular weight excluding hydrogens is 534 g/mol. The predicted octanol–water partition coefficient (Wildman–Crippen LogP) is 3.32. The number of alkyl halides is 3. The second-order valence-electron chi connectivity index (χ2n) is 8.11. The molecule has 1 aromatic rings. The highest BCUT2D eigenvalue weighted by Gasteiger charge is 2.31. The topological polar surface area (TPSA) is 60.0 Å².